The molecule has 0 spiro atoms. The average Bonchev–Trinajstić information content (AvgIpc) is 4.17. The second-order valence-corrected chi connectivity index (χ2v) is 19.3. The highest BCUT2D eigenvalue weighted by atomic mass is 16.5. The molecule has 0 saturated carbocycles. The molecule has 408 valence electrons. The zero-order valence-electron chi connectivity index (χ0n) is 42.0. The summed E-state index contributed by atoms with van der Waals surface area (Å²) in [5.74, 6) is -7.93. The van der Waals surface area contributed by atoms with Gasteiger partial charge in [-0.3, -0.25) is 33.8 Å². The molecule has 6 aromatic rings. The van der Waals surface area contributed by atoms with Gasteiger partial charge in [0.15, 0.2) is 12.1 Å². The van der Waals surface area contributed by atoms with Gasteiger partial charge in [0.1, 0.15) is 42.0 Å². The Morgan fingerprint density at radius 1 is 0.818 bits per heavy atom. The van der Waals surface area contributed by atoms with Crippen LogP contribution in [-0.2, 0) is 46.4 Å². The summed E-state index contributed by atoms with van der Waals surface area (Å²) < 4.78 is 6.79. The van der Waals surface area contributed by atoms with Crippen molar-refractivity contribution in [2.45, 2.75) is 106 Å². The van der Waals surface area contributed by atoms with Crippen LogP contribution in [-0.4, -0.2) is 146 Å². The fourth-order valence-electron chi connectivity index (χ4n) is 10.00. The van der Waals surface area contributed by atoms with E-state index < -0.39 is 108 Å². The number of aromatic nitrogens is 3. The number of aromatic amines is 3. The Bertz CT molecular complexity index is 3200. The number of H-pyrrole nitrogens is 3. The van der Waals surface area contributed by atoms with Gasteiger partial charge >= 0.3 is 5.97 Å². The maximum absolute atomic E-state index is 15.1. The Kier molecular flexibility index (Phi) is 17.1. The van der Waals surface area contributed by atoms with E-state index in [2.05, 4.69) is 51.8 Å². The van der Waals surface area contributed by atoms with Crippen molar-refractivity contribution in [3.05, 3.63) is 102 Å². The number of aliphatic hydroxyl groups excluding tert-OH is 2. The minimum atomic E-state index is -1.84. The molecule has 25 nitrogen and oxygen atoms in total. The lowest BCUT2D eigenvalue weighted by Gasteiger charge is -2.34. The summed E-state index contributed by atoms with van der Waals surface area (Å²) in [5, 5.41) is 49.7. The summed E-state index contributed by atoms with van der Waals surface area (Å²) in [6, 6.07) is 6.69. The number of carboxylic acid groups (broad SMARTS) is 1. The molecule has 0 radical (unpaired) electrons. The van der Waals surface area contributed by atoms with E-state index in [0.29, 0.717) is 50.5 Å². The maximum Gasteiger partial charge on any atom is 0.326 e. The molecular formula is C52H64N14O11. The second-order valence-electron chi connectivity index (χ2n) is 19.3. The minimum Gasteiger partial charge on any atom is -0.481 e. The third-order valence-corrected chi connectivity index (χ3v) is 14.0. The lowest BCUT2D eigenvalue weighted by molar-refractivity contribution is -0.142. The number of carbonyl (C=O) groups is 7. The fourth-order valence-corrected chi connectivity index (χ4v) is 10.00. The fraction of sp³-hybridized carbons (Fsp3) is 0.385. The van der Waals surface area contributed by atoms with Gasteiger partial charge in [0.25, 0.3) is 0 Å². The summed E-state index contributed by atoms with van der Waals surface area (Å²) in [6.45, 7) is 0.507. The number of ether oxygens (including phenoxy) is 1. The van der Waals surface area contributed by atoms with Crippen molar-refractivity contribution in [3.8, 4) is 5.75 Å². The van der Waals surface area contributed by atoms with Crippen LogP contribution in [0.2, 0.25) is 0 Å². The molecule has 6 heterocycles. The third kappa shape index (κ3) is 12.3. The number of rotatable bonds is 16. The number of fused-ring (bicyclic) bond motifs is 8. The zero-order valence-corrected chi connectivity index (χ0v) is 42.0. The third-order valence-electron chi connectivity index (χ3n) is 14.0. The van der Waals surface area contributed by atoms with E-state index in [9.17, 15) is 39.3 Å². The number of hydrogen-bond donors (Lipinski definition) is 16. The number of guanidine groups is 1. The van der Waals surface area contributed by atoms with Crippen molar-refractivity contribution in [2.75, 3.05) is 19.7 Å². The molecule has 3 aliphatic heterocycles. The number of nitrogens with two attached hydrogens (primary N) is 4. The SMILES string of the molecule is C[C@@H](O)[C@@H]1NC(=O)[C@H]2NC(=O)[C@H](CO)NC(=O)[C@@H](N)Cc3c[nH]c4c(cccc34)O[C@@H]2c2c[nH]c3cc(ccc23)[C@H](CCCN)[C@@H](C(=O)N[C@@H](CCCN=C(N)N)C(=O)N[C@@H](Cc2c[nH]c3ccccc23)C(=O)O)NC1=O. The smallest absolute Gasteiger partial charge is 0.326 e. The van der Waals surface area contributed by atoms with Crippen molar-refractivity contribution in [3.63, 3.8) is 0 Å². The molecule has 9 rings (SSSR count). The largest absolute Gasteiger partial charge is 0.481 e. The standard InChI is InChI=1S/C52H64N14O11/c1-24(68)40-48(72)65-42(49(73)61-35(11-6-16-57-52(55)56)46(70)62-37(51(75)76)19-27-20-58-34-10-3-2-7-28(27)34)29(9-5-15-53)25-13-14-31-32(22-59-36(31)18-25)44-43(50(74)64-40)66-47(71)38(23-67)63-45(69)33(54)17-26-21-60-41-30(26)8-4-12-39(41)77-44/h2-4,7-8,10,12-14,18,20-22,24,29,33,35,37-38,40,42-44,58-60,67-68H,5-6,9,11,15-17,19,23,53-54H2,1H3,(H,61,73)(H,62,70)(H,63,69)(H,64,74)(H,65,72)(H,66,71)(H,75,76)(H4,55,56,57)/t24-,29+,33+,35+,37+,38+,40+,42+,43+,44-/m1/s1. The summed E-state index contributed by atoms with van der Waals surface area (Å²) >= 11 is 0. The van der Waals surface area contributed by atoms with E-state index >= 15 is 9.59 Å². The molecule has 20 N–H and O–H groups in total. The molecule has 3 aliphatic rings. The first-order valence-corrected chi connectivity index (χ1v) is 25.2. The first kappa shape index (κ1) is 54.7. The predicted octanol–water partition coefficient (Wildman–Crippen LogP) is -1.37. The van der Waals surface area contributed by atoms with Gasteiger partial charge in [-0.05, 0) is 80.5 Å². The van der Waals surface area contributed by atoms with Gasteiger partial charge in [0.05, 0.1) is 24.3 Å². The number of aliphatic carboxylic acids is 1. The van der Waals surface area contributed by atoms with Crippen molar-refractivity contribution in [1.82, 2.24) is 46.9 Å². The molecule has 3 aromatic heterocycles. The van der Waals surface area contributed by atoms with Gasteiger partial charge in [-0.15, -0.1) is 0 Å². The van der Waals surface area contributed by atoms with Crippen LogP contribution in [0.5, 0.6) is 5.75 Å². The molecule has 0 aliphatic carbocycles. The van der Waals surface area contributed by atoms with Crippen LogP contribution in [0.25, 0.3) is 32.7 Å². The minimum absolute atomic E-state index is 0.0340. The number of benzene rings is 3. The molecule has 0 saturated heterocycles. The number of amides is 6. The Labute approximate surface area is 440 Å². The number of para-hydroxylation sites is 2. The molecular weight excluding hydrogens is 997 g/mol. The Balaban J connectivity index is 1.20. The number of hydrogen-bond acceptors (Lipinski definition) is 13. The Hall–Kier alpha value is -8.52. The van der Waals surface area contributed by atoms with Gasteiger partial charge in [0.2, 0.25) is 35.4 Å². The number of nitrogens with one attached hydrogen (secondary N) is 9. The molecule has 77 heavy (non-hydrogen) atoms. The van der Waals surface area contributed by atoms with E-state index in [4.69, 9.17) is 27.7 Å². The predicted molar refractivity (Wildman–Crippen MR) is 283 cm³/mol. The van der Waals surface area contributed by atoms with Crippen LogP contribution in [0.1, 0.15) is 66.9 Å². The van der Waals surface area contributed by atoms with Gasteiger partial charge in [-0.1, -0.05) is 42.5 Å². The van der Waals surface area contributed by atoms with Gasteiger partial charge < -0.3 is 89.8 Å². The average molecular weight is 1060 g/mol. The number of nitrogens with zero attached hydrogens (tertiary/aromatic N) is 1. The number of aliphatic hydroxyl groups is 2. The molecule has 25 heteroatoms. The number of carboxylic acids is 1. The van der Waals surface area contributed by atoms with Crippen LogP contribution in [0.15, 0.2) is 84.2 Å². The van der Waals surface area contributed by atoms with E-state index in [1.165, 1.54) is 6.92 Å². The Morgan fingerprint density at radius 2 is 1.58 bits per heavy atom. The molecule has 3 aromatic carbocycles. The van der Waals surface area contributed by atoms with Crippen LogP contribution in [0.3, 0.4) is 0 Å². The van der Waals surface area contributed by atoms with Crippen LogP contribution in [0.4, 0.5) is 0 Å². The summed E-state index contributed by atoms with van der Waals surface area (Å²) in [6.07, 6.45) is 2.26. The topological polar surface area (TPSA) is 425 Å². The number of carbonyl (C=O) groups excluding carboxylic acids is 6. The van der Waals surface area contributed by atoms with E-state index in [1.54, 1.807) is 61.1 Å². The molecule has 0 fully saturated rings. The lowest BCUT2D eigenvalue weighted by atomic mass is 9.85. The molecule has 10 atom stereocenters. The van der Waals surface area contributed by atoms with Crippen LogP contribution < -0.4 is 59.6 Å². The summed E-state index contributed by atoms with van der Waals surface area (Å²) in [4.78, 5) is 113. The first-order chi connectivity index (χ1) is 37.0. The van der Waals surface area contributed by atoms with E-state index in [0.717, 1.165) is 10.9 Å². The monoisotopic (exact) mass is 1060 g/mol. The first-order valence-electron chi connectivity index (χ1n) is 25.2. The van der Waals surface area contributed by atoms with Crippen molar-refractivity contribution in [1.29, 1.82) is 0 Å². The molecule has 8 bridgehead atoms. The lowest BCUT2D eigenvalue weighted by Crippen LogP contribution is -2.63. The molecule has 0 unspecified atom stereocenters. The van der Waals surface area contributed by atoms with Crippen molar-refractivity contribution >= 4 is 80.1 Å². The quantitative estimate of drug-likeness (QED) is 0.0302. The van der Waals surface area contributed by atoms with E-state index in [-0.39, 0.29) is 56.9 Å². The van der Waals surface area contributed by atoms with Crippen molar-refractivity contribution in [2.24, 2.45) is 27.9 Å². The normalized spacial score (nSPS) is 22.3. The van der Waals surface area contributed by atoms with Gasteiger partial charge in [0, 0.05) is 70.2 Å². The highest BCUT2D eigenvalue weighted by Gasteiger charge is 2.42. The summed E-state index contributed by atoms with van der Waals surface area (Å²) in [5.41, 5.74) is 27.3. The highest BCUT2D eigenvalue weighted by Crippen LogP contribution is 2.37. The summed E-state index contributed by atoms with van der Waals surface area (Å²) in [7, 11) is 0. The second kappa shape index (κ2) is 24.0. The Morgan fingerprint density at radius 3 is 2.32 bits per heavy atom. The van der Waals surface area contributed by atoms with Crippen LogP contribution >= 0.6 is 0 Å². The van der Waals surface area contributed by atoms with E-state index in [1.807, 2.05) is 18.2 Å². The van der Waals surface area contributed by atoms with Crippen molar-refractivity contribution < 1.29 is 53.6 Å². The zero-order chi connectivity index (χ0) is 55.1. The maximum atomic E-state index is 15.1. The highest BCUT2D eigenvalue weighted by molar-refractivity contribution is 5.99. The number of aliphatic imine (C=N–C) groups is 1. The van der Waals surface area contributed by atoms with Gasteiger partial charge in [-0.25, -0.2) is 4.79 Å². The molecule has 6 amide bonds. The van der Waals surface area contributed by atoms with Gasteiger partial charge in [-0.2, -0.15) is 0 Å². The van der Waals surface area contributed by atoms with Crippen LogP contribution in [0, 0.1) is 0 Å².